The Bertz CT molecular complexity index is 531. The molecule has 1 fully saturated rings. The molecule has 21 heavy (non-hydrogen) atoms. The van der Waals surface area contributed by atoms with Gasteiger partial charge in [-0.25, -0.2) is 0 Å². The molecular formula is C14H18F3N3O. The zero-order chi connectivity index (χ0) is 15.6. The Balaban J connectivity index is 2.22. The normalized spacial score (nSPS) is 19.6. The largest absolute Gasteiger partial charge is 0.416 e. The standard InChI is InChI=1S/C14H18F3N3O/c1-18-12-4-3-9(14(15,16)17)7-11(12)13(21)19-10-5-6-20(2)8-10/h3-4,7,10,18H,5-6,8H2,1-2H3,(H,19,21). The van der Waals surface area contributed by atoms with E-state index in [9.17, 15) is 18.0 Å². The molecule has 1 aliphatic heterocycles. The second kappa shape index (κ2) is 5.93. The lowest BCUT2D eigenvalue weighted by atomic mass is 10.1. The molecule has 1 aromatic rings. The lowest BCUT2D eigenvalue weighted by molar-refractivity contribution is -0.137. The van der Waals surface area contributed by atoms with Crippen LogP contribution < -0.4 is 10.6 Å². The third kappa shape index (κ3) is 3.66. The molecule has 0 saturated carbocycles. The van der Waals surface area contributed by atoms with Crippen LogP contribution in [0.1, 0.15) is 22.3 Å². The van der Waals surface area contributed by atoms with Gasteiger partial charge >= 0.3 is 6.18 Å². The Hall–Kier alpha value is -1.76. The van der Waals surface area contributed by atoms with Gasteiger partial charge < -0.3 is 15.5 Å². The molecular weight excluding hydrogens is 283 g/mol. The number of likely N-dealkylation sites (N-methyl/N-ethyl adjacent to an activating group) is 1. The molecule has 4 nitrogen and oxygen atoms in total. The SMILES string of the molecule is CNc1ccc(C(F)(F)F)cc1C(=O)NC1CCN(C)C1. The topological polar surface area (TPSA) is 44.4 Å². The van der Waals surface area contributed by atoms with E-state index in [1.807, 2.05) is 7.05 Å². The average molecular weight is 301 g/mol. The molecule has 1 amide bonds. The molecule has 0 aliphatic carbocycles. The van der Waals surface area contributed by atoms with Crippen LogP contribution >= 0.6 is 0 Å². The smallest absolute Gasteiger partial charge is 0.387 e. The molecule has 0 bridgehead atoms. The van der Waals surface area contributed by atoms with Crippen LogP contribution in [0, 0.1) is 0 Å². The van der Waals surface area contributed by atoms with E-state index in [1.165, 1.54) is 6.07 Å². The first-order chi connectivity index (χ1) is 9.81. The molecule has 0 radical (unpaired) electrons. The third-order valence-electron chi connectivity index (χ3n) is 3.59. The Kier molecular flexibility index (Phi) is 4.41. The van der Waals surface area contributed by atoms with Gasteiger partial charge in [0.05, 0.1) is 11.1 Å². The van der Waals surface area contributed by atoms with Gasteiger partial charge in [-0.15, -0.1) is 0 Å². The number of halogens is 3. The first-order valence-corrected chi connectivity index (χ1v) is 6.69. The van der Waals surface area contributed by atoms with E-state index < -0.39 is 17.6 Å². The van der Waals surface area contributed by atoms with Crippen LogP contribution in [0.2, 0.25) is 0 Å². The maximum Gasteiger partial charge on any atom is 0.416 e. The van der Waals surface area contributed by atoms with E-state index in [0.29, 0.717) is 12.2 Å². The zero-order valence-electron chi connectivity index (χ0n) is 11.9. The van der Waals surface area contributed by atoms with Crippen molar-refractivity contribution in [3.05, 3.63) is 29.3 Å². The van der Waals surface area contributed by atoms with Crippen molar-refractivity contribution in [2.75, 3.05) is 32.5 Å². The number of nitrogens with one attached hydrogen (secondary N) is 2. The Morgan fingerprint density at radius 3 is 2.62 bits per heavy atom. The monoisotopic (exact) mass is 301 g/mol. The van der Waals surface area contributed by atoms with Crippen molar-refractivity contribution >= 4 is 11.6 Å². The van der Waals surface area contributed by atoms with Crippen molar-refractivity contribution in [3.63, 3.8) is 0 Å². The molecule has 7 heteroatoms. The number of carbonyl (C=O) groups excluding carboxylic acids is 1. The number of alkyl halides is 3. The van der Waals surface area contributed by atoms with Crippen LogP contribution in [0.15, 0.2) is 18.2 Å². The van der Waals surface area contributed by atoms with Crippen molar-refractivity contribution in [2.45, 2.75) is 18.6 Å². The number of hydrogen-bond donors (Lipinski definition) is 2. The van der Waals surface area contributed by atoms with Gasteiger partial charge in [-0.05, 0) is 38.2 Å². The zero-order valence-corrected chi connectivity index (χ0v) is 11.9. The summed E-state index contributed by atoms with van der Waals surface area (Å²) in [6.45, 7) is 1.58. The predicted molar refractivity (Wildman–Crippen MR) is 74.4 cm³/mol. The number of rotatable bonds is 3. The van der Waals surface area contributed by atoms with Gasteiger partial charge in [0.2, 0.25) is 0 Å². The second-order valence-corrected chi connectivity index (χ2v) is 5.23. The third-order valence-corrected chi connectivity index (χ3v) is 3.59. The van der Waals surface area contributed by atoms with Crippen LogP contribution in [0.5, 0.6) is 0 Å². The summed E-state index contributed by atoms with van der Waals surface area (Å²) in [4.78, 5) is 14.3. The molecule has 116 valence electrons. The van der Waals surface area contributed by atoms with E-state index in [2.05, 4.69) is 15.5 Å². The summed E-state index contributed by atoms with van der Waals surface area (Å²) in [6.07, 6.45) is -3.66. The molecule has 1 unspecified atom stereocenters. The molecule has 1 aromatic carbocycles. The highest BCUT2D eigenvalue weighted by atomic mass is 19.4. The van der Waals surface area contributed by atoms with Gasteiger partial charge in [-0.3, -0.25) is 4.79 Å². The van der Waals surface area contributed by atoms with Crippen molar-refractivity contribution in [1.29, 1.82) is 0 Å². The van der Waals surface area contributed by atoms with Crippen LogP contribution in [0.4, 0.5) is 18.9 Å². The van der Waals surface area contributed by atoms with E-state index in [0.717, 1.165) is 25.1 Å². The van der Waals surface area contributed by atoms with Crippen molar-refractivity contribution in [2.24, 2.45) is 0 Å². The fourth-order valence-corrected chi connectivity index (χ4v) is 2.44. The van der Waals surface area contributed by atoms with Gasteiger partial charge in [0.1, 0.15) is 0 Å². The van der Waals surface area contributed by atoms with Crippen molar-refractivity contribution in [3.8, 4) is 0 Å². The molecule has 2 rings (SSSR count). The summed E-state index contributed by atoms with van der Waals surface area (Å²) in [5.74, 6) is -0.481. The van der Waals surface area contributed by atoms with Gasteiger partial charge in [0.25, 0.3) is 5.91 Å². The molecule has 2 N–H and O–H groups in total. The first-order valence-electron chi connectivity index (χ1n) is 6.69. The highest BCUT2D eigenvalue weighted by Crippen LogP contribution is 2.31. The van der Waals surface area contributed by atoms with Crippen LogP contribution in [-0.4, -0.2) is 44.0 Å². The lowest BCUT2D eigenvalue weighted by Gasteiger charge is -2.16. The van der Waals surface area contributed by atoms with Crippen molar-refractivity contribution < 1.29 is 18.0 Å². The summed E-state index contributed by atoms with van der Waals surface area (Å²) in [7, 11) is 3.51. The maximum atomic E-state index is 12.8. The van der Waals surface area contributed by atoms with E-state index >= 15 is 0 Å². The Morgan fingerprint density at radius 2 is 2.10 bits per heavy atom. The number of likely N-dealkylation sites (tertiary alicyclic amines) is 1. The van der Waals surface area contributed by atoms with Gasteiger partial charge in [0.15, 0.2) is 0 Å². The lowest BCUT2D eigenvalue weighted by Crippen LogP contribution is -2.36. The van der Waals surface area contributed by atoms with Gasteiger partial charge in [0, 0.05) is 25.3 Å². The number of carbonyl (C=O) groups is 1. The molecule has 1 atom stereocenters. The molecule has 1 saturated heterocycles. The molecule has 0 spiro atoms. The number of amides is 1. The number of anilines is 1. The van der Waals surface area contributed by atoms with Gasteiger partial charge in [-0.1, -0.05) is 0 Å². The highest BCUT2D eigenvalue weighted by molar-refractivity contribution is 6.00. The second-order valence-electron chi connectivity index (χ2n) is 5.23. The fraction of sp³-hybridized carbons (Fsp3) is 0.500. The summed E-state index contributed by atoms with van der Waals surface area (Å²) >= 11 is 0. The highest BCUT2D eigenvalue weighted by Gasteiger charge is 2.32. The maximum absolute atomic E-state index is 12.8. The summed E-state index contributed by atoms with van der Waals surface area (Å²) in [5, 5.41) is 5.54. The predicted octanol–water partition coefficient (Wildman–Crippen LogP) is 2.18. The minimum Gasteiger partial charge on any atom is -0.387 e. The van der Waals surface area contributed by atoms with Crippen LogP contribution in [0.3, 0.4) is 0 Å². The number of hydrogen-bond acceptors (Lipinski definition) is 3. The molecule has 1 heterocycles. The fourth-order valence-electron chi connectivity index (χ4n) is 2.44. The van der Waals surface area contributed by atoms with E-state index in [1.54, 1.807) is 7.05 Å². The average Bonchev–Trinajstić information content (AvgIpc) is 2.82. The minimum atomic E-state index is -4.46. The van der Waals surface area contributed by atoms with E-state index in [-0.39, 0.29) is 11.6 Å². The quantitative estimate of drug-likeness (QED) is 0.899. The number of nitrogens with zero attached hydrogens (tertiary/aromatic N) is 1. The number of benzene rings is 1. The molecule has 0 aromatic heterocycles. The summed E-state index contributed by atoms with van der Waals surface area (Å²) in [5.41, 5.74) is -0.427. The minimum absolute atomic E-state index is 0.0156. The Labute approximate surface area is 121 Å². The van der Waals surface area contributed by atoms with Crippen LogP contribution in [0.25, 0.3) is 0 Å². The Morgan fingerprint density at radius 1 is 1.38 bits per heavy atom. The van der Waals surface area contributed by atoms with E-state index in [4.69, 9.17) is 0 Å². The van der Waals surface area contributed by atoms with Crippen LogP contribution in [-0.2, 0) is 6.18 Å². The first kappa shape index (κ1) is 15.6. The van der Waals surface area contributed by atoms with Crippen molar-refractivity contribution in [1.82, 2.24) is 10.2 Å². The summed E-state index contributed by atoms with van der Waals surface area (Å²) < 4.78 is 38.3. The summed E-state index contributed by atoms with van der Waals surface area (Å²) in [6, 6.07) is 3.10. The molecule has 1 aliphatic rings. The van der Waals surface area contributed by atoms with Gasteiger partial charge in [-0.2, -0.15) is 13.2 Å².